The number of nitrogens with zero attached hydrogens (tertiary/aromatic N) is 1. The van der Waals surface area contributed by atoms with E-state index in [4.69, 9.17) is 0 Å². The number of pyridine rings is 1. The minimum atomic E-state index is 0.703. The van der Waals surface area contributed by atoms with Crippen LogP contribution in [0, 0.1) is 0 Å². The lowest BCUT2D eigenvalue weighted by molar-refractivity contribution is 0.687. The van der Waals surface area contributed by atoms with E-state index in [0.717, 1.165) is 12.6 Å². The lowest BCUT2D eigenvalue weighted by Crippen LogP contribution is -2.17. The zero-order valence-electron chi connectivity index (χ0n) is 8.87. The van der Waals surface area contributed by atoms with Gasteiger partial charge in [-0.2, -0.15) is 0 Å². The largest absolute Gasteiger partial charge is 0.381 e. The summed E-state index contributed by atoms with van der Waals surface area (Å²) in [5, 5.41) is 7.07. The van der Waals surface area contributed by atoms with E-state index in [1.54, 1.807) is 0 Å². The first-order chi connectivity index (χ1) is 7.42. The summed E-state index contributed by atoms with van der Waals surface area (Å²) in [6.45, 7) is 0.974. The Morgan fingerprint density at radius 1 is 1.20 bits per heavy atom. The molecule has 0 spiro atoms. The van der Waals surface area contributed by atoms with Crippen LogP contribution < -0.4 is 10.6 Å². The topological polar surface area (TPSA) is 37.0 Å². The van der Waals surface area contributed by atoms with Crippen molar-refractivity contribution in [1.82, 2.24) is 10.3 Å². The van der Waals surface area contributed by atoms with Gasteiger partial charge in [0, 0.05) is 24.8 Å². The predicted octanol–water partition coefficient (Wildman–Crippen LogP) is 1.91. The molecule has 0 atom stereocenters. The zero-order valence-corrected chi connectivity index (χ0v) is 8.87. The molecule has 2 aliphatic rings. The molecule has 80 valence electrons. The lowest BCUT2D eigenvalue weighted by Gasteiger charge is -2.11. The second-order valence-corrected chi connectivity index (χ2v) is 4.61. The van der Waals surface area contributed by atoms with E-state index in [1.165, 1.54) is 36.9 Å². The summed E-state index contributed by atoms with van der Waals surface area (Å²) >= 11 is 0. The van der Waals surface area contributed by atoms with Crippen molar-refractivity contribution in [3.8, 4) is 0 Å². The van der Waals surface area contributed by atoms with Gasteiger partial charge in [-0.15, -0.1) is 0 Å². The summed E-state index contributed by atoms with van der Waals surface area (Å²) in [5.41, 5.74) is 2.57. The van der Waals surface area contributed by atoms with Crippen molar-refractivity contribution >= 4 is 5.69 Å². The Kier molecular flexibility index (Phi) is 2.33. The van der Waals surface area contributed by atoms with Gasteiger partial charge < -0.3 is 10.6 Å². The molecule has 2 N–H and O–H groups in total. The van der Waals surface area contributed by atoms with Gasteiger partial charge in [0.2, 0.25) is 0 Å². The van der Waals surface area contributed by atoms with Crippen LogP contribution in [0.25, 0.3) is 0 Å². The number of nitrogens with one attached hydrogen (secondary N) is 2. The summed E-state index contributed by atoms with van der Waals surface area (Å²) < 4.78 is 0. The van der Waals surface area contributed by atoms with E-state index in [0.29, 0.717) is 6.04 Å². The van der Waals surface area contributed by atoms with Gasteiger partial charge in [-0.1, -0.05) is 0 Å². The minimum absolute atomic E-state index is 0.703. The van der Waals surface area contributed by atoms with E-state index in [1.807, 2.05) is 12.4 Å². The smallest absolute Gasteiger partial charge is 0.0574 e. The molecule has 1 aromatic heterocycles. The SMILES string of the molecule is c1cc(CNC2CC2)c(NC2CC2)cn1. The molecule has 1 heterocycles. The van der Waals surface area contributed by atoms with Crippen LogP contribution in [-0.4, -0.2) is 17.1 Å². The number of anilines is 1. The minimum Gasteiger partial charge on any atom is -0.381 e. The average Bonchev–Trinajstić information content (AvgIpc) is 3.12. The highest BCUT2D eigenvalue weighted by Gasteiger charge is 2.23. The van der Waals surface area contributed by atoms with Crippen molar-refractivity contribution in [3.63, 3.8) is 0 Å². The summed E-state index contributed by atoms with van der Waals surface area (Å²) in [4.78, 5) is 4.18. The van der Waals surface area contributed by atoms with Crippen LogP contribution in [0.15, 0.2) is 18.5 Å². The number of aromatic nitrogens is 1. The Morgan fingerprint density at radius 3 is 2.73 bits per heavy atom. The van der Waals surface area contributed by atoms with Crippen LogP contribution in [0.4, 0.5) is 5.69 Å². The van der Waals surface area contributed by atoms with Crippen molar-refractivity contribution in [2.45, 2.75) is 44.3 Å². The van der Waals surface area contributed by atoms with Gasteiger partial charge in [-0.3, -0.25) is 4.98 Å². The second-order valence-electron chi connectivity index (χ2n) is 4.61. The van der Waals surface area contributed by atoms with E-state index in [9.17, 15) is 0 Å². The second kappa shape index (κ2) is 3.81. The third-order valence-electron chi connectivity index (χ3n) is 3.01. The van der Waals surface area contributed by atoms with Crippen LogP contribution in [0.1, 0.15) is 31.2 Å². The summed E-state index contributed by atoms with van der Waals surface area (Å²) in [6, 6.07) is 3.58. The Hall–Kier alpha value is -1.09. The molecule has 3 heteroatoms. The maximum Gasteiger partial charge on any atom is 0.0574 e. The molecule has 2 aliphatic carbocycles. The molecule has 0 aromatic carbocycles. The van der Waals surface area contributed by atoms with Gasteiger partial charge in [0.25, 0.3) is 0 Å². The third kappa shape index (κ3) is 2.48. The van der Waals surface area contributed by atoms with Crippen LogP contribution in [0.3, 0.4) is 0 Å². The summed E-state index contributed by atoms with van der Waals surface area (Å²) in [7, 11) is 0. The van der Waals surface area contributed by atoms with Crippen LogP contribution in [-0.2, 0) is 6.54 Å². The monoisotopic (exact) mass is 203 g/mol. The van der Waals surface area contributed by atoms with Crippen LogP contribution >= 0.6 is 0 Å². The first-order valence-electron chi connectivity index (χ1n) is 5.84. The quantitative estimate of drug-likeness (QED) is 0.767. The highest BCUT2D eigenvalue weighted by atomic mass is 15.0. The van der Waals surface area contributed by atoms with E-state index < -0.39 is 0 Å². The normalized spacial score (nSPS) is 20.3. The standard InChI is InChI=1S/C12H17N3/c1-2-10(1)14-7-9-5-6-13-8-12(9)15-11-3-4-11/h5-6,8,10-11,14-15H,1-4,7H2. The molecule has 2 fully saturated rings. The molecule has 1 aromatic rings. The van der Waals surface area contributed by atoms with E-state index >= 15 is 0 Å². The van der Waals surface area contributed by atoms with E-state index in [-0.39, 0.29) is 0 Å². The molecule has 2 saturated carbocycles. The number of hydrogen-bond donors (Lipinski definition) is 2. The maximum atomic E-state index is 4.18. The number of rotatable bonds is 5. The molecule has 0 unspecified atom stereocenters. The highest BCUT2D eigenvalue weighted by molar-refractivity contribution is 5.50. The Morgan fingerprint density at radius 2 is 2.00 bits per heavy atom. The zero-order chi connectivity index (χ0) is 10.1. The number of hydrogen-bond acceptors (Lipinski definition) is 3. The molecule has 0 bridgehead atoms. The lowest BCUT2D eigenvalue weighted by atomic mass is 10.2. The van der Waals surface area contributed by atoms with Crippen LogP contribution in [0.2, 0.25) is 0 Å². The fourth-order valence-electron chi connectivity index (χ4n) is 1.70. The maximum absolute atomic E-state index is 4.18. The van der Waals surface area contributed by atoms with Crippen molar-refractivity contribution in [1.29, 1.82) is 0 Å². The Bertz CT molecular complexity index is 342. The van der Waals surface area contributed by atoms with Crippen molar-refractivity contribution in [2.24, 2.45) is 0 Å². The van der Waals surface area contributed by atoms with Crippen LogP contribution in [0.5, 0.6) is 0 Å². The summed E-state index contributed by atoms with van der Waals surface area (Å²) in [5.74, 6) is 0. The molecule has 3 nitrogen and oxygen atoms in total. The Labute approximate surface area is 90.3 Å². The molecule has 0 saturated heterocycles. The van der Waals surface area contributed by atoms with Crippen molar-refractivity contribution in [2.75, 3.05) is 5.32 Å². The van der Waals surface area contributed by atoms with Gasteiger partial charge in [0.1, 0.15) is 0 Å². The average molecular weight is 203 g/mol. The van der Waals surface area contributed by atoms with Crippen molar-refractivity contribution in [3.05, 3.63) is 24.0 Å². The van der Waals surface area contributed by atoms with Gasteiger partial charge in [-0.25, -0.2) is 0 Å². The van der Waals surface area contributed by atoms with E-state index in [2.05, 4.69) is 21.7 Å². The fourth-order valence-corrected chi connectivity index (χ4v) is 1.70. The van der Waals surface area contributed by atoms with Gasteiger partial charge >= 0.3 is 0 Å². The third-order valence-corrected chi connectivity index (χ3v) is 3.01. The fraction of sp³-hybridized carbons (Fsp3) is 0.583. The molecular formula is C12H17N3. The molecule has 0 aliphatic heterocycles. The van der Waals surface area contributed by atoms with Crippen molar-refractivity contribution < 1.29 is 0 Å². The Balaban J connectivity index is 1.66. The van der Waals surface area contributed by atoms with Gasteiger partial charge in [-0.05, 0) is 37.3 Å². The molecular weight excluding hydrogens is 186 g/mol. The molecule has 0 amide bonds. The molecule has 15 heavy (non-hydrogen) atoms. The summed E-state index contributed by atoms with van der Waals surface area (Å²) in [6.07, 6.45) is 9.13. The molecule has 0 radical (unpaired) electrons. The molecule has 3 rings (SSSR count). The first-order valence-corrected chi connectivity index (χ1v) is 5.84. The van der Waals surface area contributed by atoms with Gasteiger partial charge in [0.05, 0.1) is 11.9 Å². The van der Waals surface area contributed by atoms with Gasteiger partial charge in [0.15, 0.2) is 0 Å². The first kappa shape index (κ1) is 9.16. The predicted molar refractivity (Wildman–Crippen MR) is 60.7 cm³/mol. The highest BCUT2D eigenvalue weighted by Crippen LogP contribution is 2.26.